The largest absolute Gasteiger partial charge is 0.477 e. The van der Waals surface area contributed by atoms with Crippen LogP contribution in [0.1, 0.15) is 39.5 Å². The molecule has 1 heterocycles. The number of benzene rings is 1. The van der Waals surface area contributed by atoms with Crippen LogP contribution in [-0.4, -0.2) is 33.9 Å². The molecule has 0 fully saturated rings. The van der Waals surface area contributed by atoms with Gasteiger partial charge in [-0.3, -0.25) is 4.68 Å². The van der Waals surface area contributed by atoms with Crippen LogP contribution in [-0.2, 0) is 4.74 Å². The van der Waals surface area contributed by atoms with E-state index in [9.17, 15) is 14.7 Å². The SMILES string of the molecule is COC(=O)c1cc(C(=O)O)n([C@@H](C)c2ccccc2)n1. The van der Waals surface area contributed by atoms with Crippen molar-refractivity contribution in [3.63, 3.8) is 0 Å². The summed E-state index contributed by atoms with van der Waals surface area (Å²) in [6.45, 7) is 1.82. The number of carboxylic acids is 1. The maximum atomic E-state index is 11.5. The summed E-state index contributed by atoms with van der Waals surface area (Å²) in [6, 6.07) is 10.2. The highest BCUT2D eigenvalue weighted by Crippen LogP contribution is 2.20. The lowest BCUT2D eigenvalue weighted by atomic mass is 10.1. The van der Waals surface area contributed by atoms with Crippen molar-refractivity contribution in [2.45, 2.75) is 13.0 Å². The summed E-state index contributed by atoms with van der Waals surface area (Å²) >= 11 is 0. The molecule has 1 atom stereocenters. The van der Waals surface area contributed by atoms with Crippen LogP contribution in [0.5, 0.6) is 0 Å². The molecule has 0 aliphatic heterocycles. The number of carboxylic acid groups (broad SMARTS) is 1. The quantitative estimate of drug-likeness (QED) is 0.862. The molecule has 0 aliphatic rings. The van der Waals surface area contributed by atoms with Gasteiger partial charge in [-0.2, -0.15) is 5.10 Å². The Bertz CT molecular complexity index is 634. The van der Waals surface area contributed by atoms with Crippen molar-refractivity contribution in [2.24, 2.45) is 0 Å². The highest BCUT2D eigenvalue weighted by molar-refractivity contribution is 5.92. The highest BCUT2D eigenvalue weighted by Gasteiger charge is 2.22. The molecule has 2 aromatic rings. The van der Waals surface area contributed by atoms with E-state index in [1.165, 1.54) is 17.9 Å². The van der Waals surface area contributed by atoms with Gasteiger partial charge in [0.2, 0.25) is 0 Å². The van der Waals surface area contributed by atoms with E-state index in [1.807, 2.05) is 37.3 Å². The van der Waals surface area contributed by atoms with Gasteiger partial charge in [0.15, 0.2) is 5.69 Å². The average molecular weight is 274 g/mol. The molecule has 0 spiro atoms. The van der Waals surface area contributed by atoms with Crippen LogP contribution in [0, 0.1) is 0 Å². The number of carbonyl (C=O) groups excluding carboxylic acids is 1. The lowest BCUT2D eigenvalue weighted by Crippen LogP contribution is -2.15. The van der Waals surface area contributed by atoms with Crippen molar-refractivity contribution in [3.05, 3.63) is 53.3 Å². The number of nitrogens with zero attached hydrogens (tertiary/aromatic N) is 2. The summed E-state index contributed by atoms with van der Waals surface area (Å²) in [5.41, 5.74) is 0.823. The molecule has 0 unspecified atom stereocenters. The van der Waals surface area contributed by atoms with Crippen LogP contribution in [0.3, 0.4) is 0 Å². The molecule has 0 bridgehead atoms. The fourth-order valence-electron chi connectivity index (χ4n) is 1.93. The zero-order chi connectivity index (χ0) is 14.7. The number of esters is 1. The monoisotopic (exact) mass is 274 g/mol. The Labute approximate surface area is 115 Å². The van der Waals surface area contributed by atoms with Gasteiger partial charge in [-0.15, -0.1) is 0 Å². The highest BCUT2D eigenvalue weighted by atomic mass is 16.5. The van der Waals surface area contributed by atoms with Crippen molar-refractivity contribution >= 4 is 11.9 Å². The van der Waals surface area contributed by atoms with E-state index in [2.05, 4.69) is 9.84 Å². The van der Waals surface area contributed by atoms with E-state index in [4.69, 9.17) is 0 Å². The van der Waals surface area contributed by atoms with E-state index < -0.39 is 11.9 Å². The first-order valence-electron chi connectivity index (χ1n) is 6.00. The third kappa shape index (κ3) is 2.54. The number of methoxy groups -OCH3 is 1. The lowest BCUT2D eigenvalue weighted by molar-refractivity contribution is 0.0592. The standard InChI is InChI=1S/C14H14N2O4/c1-9(10-6-4-3-5-7-10)16-12(13(17)18)8-11(15-16)14(19)20-2/h3-9H,1-2H3,(H,17,18)/t9-/m0/s1. The van der Waals surface area contributed by atoms with Gasteiger partial charge in [0, 0.05) is 6.07 Å². The van der Waals surface area contributed by atoms with Crippen LogP contribution in [0.25, 0.3) is 0 Å². The van der Waals surface area contributed by atoms with E-state index in [-0.39, 0.29) is 17.4 Å². The smallest absolute Gasteiger partial charge is 0.358 e. The van der Waals surface area contributed by atoms with Gasteiger partial charge in [0.05, 0.1) is 13.2 Å². The average Bonchev–Trinajstić information content (AvgIpc) is 2.92. The lowest BCUT2D eigenvalue weighted by Gasteiger charge is -2.14. The van der Waals surface area contributed by atoms with Gasteiger partial charge in [0.1, 0.15) is 5.69 Å². The van der Waals surface area contributed by atoms with Crippen molar-refractivity contribution in [2.75, 3.05) is 7.11 Å². The molecule has 0 saturated carbocycles. The van der Waals surface area contributed by atoms with Gasteiger partial charge in [-0.25, -0.2) is 9.59 Å². The molecule has 1 aromatic heterocycles. The molecule has 0 aliphatic carbocycles. The van der Waals surface area contributed by atoms with Crippen LogP contribution in [0.15, 0.2) is 36.4 Å². The zero-order valence-electron chi connectivity index (χ0n) is 11.1. The van der Waals surface area contributed by atoms with Crippen LogP contribution in [0.2, 0.25) is 0 Å². The Balaban J connectivity index is 2.47. The molecule has 1 N–H and O–H groups in total. The third-order valence-electron chi connectivity index (χ3n) is 3.00. The second kappa shape index (κ2) is 5.56. The maximum Gasteiger partial charge on any atom is 0.358 e. The second-order valence-electron chi connectivity index (χ2n) is 4.24. The van der Waals surface area contributed by atoms with Gasteiger partial charge in [-0.05, 0) is 12.5 Å². The van der Waals surface area contributed by atoms with E-state index >= 15 is 0 Å². The minimum Gasteiger partial charge on any atom is -0.477 e. The van der Waals surface area contributed by atoms with E-state index in [0.29, 0.717) is 0 Å². The first kappa shape index (κ1) is 13.8. The van der Waals surface area contributed by atoms with Crippen LogP contribution < -0.4 is 0 Å². The van der Waals surface area contributed by atoms with Gasteiger partial charge < -0.3 is 9.84 Å². The second-order valence-corrected chi connectivity index (χ2v) is 4.24. The van der Waals surface area contributed by atoms with Crippen molar-refractivity contribution in [1.82, 2.24) is 9.78 Å². The Kier molecular flexibility index (Phi) is 3.84. The summed E-state index contributed by atoms with van der Waals surface area (Å²) in [5, 5.41) is 13.3. The number of carbonyl (C=O) groups is 2. The van der Waals surface area contributed by atoms with Gasteiger partial charge >= 0.3 is 11.9 Å². The molecular weight excluding hydrogens is 260 g/mol. The predicted octanol–water partition coefficient (Wildman–Crippen LogP) is 1.98. The molecule has 0 amide bonds. The van der Waals surface area contributed by atoms with Gasteiger partial charge in [-0.1, -0.05) is 30.3 Å². The molecule has 6 heteroatoms. The Morgan fingerprint density at radius 2 is 1.95 bits per heavy atom. The maximum absolute atomic E-state index is 11.5. The Morgan fingerprint density at radius 1 is 1.30 bits per heavy atom. The normalized spacial score (nSPS) is 11.9. The van der Waals surface area contributed by atoms with Crippen LogP contribution in [0.4, 0.5) is 0 Å². The first-order valence-corrected chi connectivity index (χ1v) is 6.00. The first-order chi connectivity index (χ1) is 9.54. The number of aromatic carboxylic acids is 1. The molecule has 0 radical (unpaired) electrons. The molecule has 0 saturated heterocycles. The van der Waals surface area contributed by atoms with E-state index in [0.717, 1.165) is 5.56 Å². The molecule has 2 rings (SSSR count). The fourth-order valence-corrected chi connectivity index (χ4v) is 1.93. The third-order valence-corrected chi connectivity index (χ3v) is 3.00. The number of hydrogen-bond acceptors (Lipinski definition) is 4. The molecular formula is C14H14N2O4. The number of ether oxygens (including phenoxy) is 1. The fraction of sp³-hybridized carbons (Fsp3) is 0.214. The zero-order valence-corrected chi connectivity index (χ0v) is 11.1. The summed E-state index contributed by atoms with van der Waals surface area (Å²) in [7, 11) is 1.22. The predicted molar refractivity (Wildman–Crippen MR) is 70.8 cm³/mol. The minimum atomic E-state index is -1.14. The molecule has 6 nitrogen and oxygen atoms in total. The number of rotatable bonds is 4. The van der Waals surface area contributed by atoms with E-state index in [1.54, 1.807) is 0 Å². The molecule has 104 valence electrons. The topological polar surface area (TPSA) is 81.4 Å². The summed E-state index contributed by atoms with van der Waals surface area (Å²) in [6.07, 6.45) is 0. The Morgan fingerprint density at radius 3 is 2.50 bits per heavy atom. The number of hydrogen-bond donors (Lipinski definition) is 1. The molecule has 20 heavy (non-hydrogen) atoms. The molecule has 1 aromatic carbocycles. The van der Waals surface area contributed by atoms with Crippen LogP contribution >= 0.6 is 0 Å². The van der Waals surface area contributed by atoms with Gasteiger partial charge in [0.25, 0.3) is 0 Å². The Hall–Kier alpha value is -2.63. The van der Waals surface area contributed by atoms with Crippen molar-refractivity contribution in [1.29, 1.82) is 0 Å². The summed E-state index contributed by atoms with van der Waals surface area (Å²) < 4.78 is 5.87. The summed E-state index contributed by atoms with van der Waals surface area (Å²) in [5.74, 6) is -1.80. The van der Waals surface area contributed by atoms with Crippen molar-refractivity contribution in [3.8, 4) is 0 Å². The summed E-state index contributed by atoms with van der Waals surface area (Å²) in [4.78, 5) is 22.7. The van der Waals surface area contributed by atoms with Crippen molar-refractivity contribution < 1.29 is 19.4 Å². The number of aromatic nitrogens is 2. The minimum absolute atomic E-state index is 0.0207.